The number of halogens is 1. The van der Waals surface area contributed by atoms with Crippen molar-refractivity contribution in [2.75, 3.05) is 13.7 Å². The van der Waals surface area contributed by atoms with Crippen LogP contribution in [0.15, 0.2) is 54.7 Å². The van der Waals surface area contributed by atoms with Crippen molar-refractivity contribution >= 4 is 17.5 Å². The Bertz CT molecular complexity index is 716. The second-order valence-corrected chi connectivity index (χ2v) is 5.71. The number of nitrogens with zero attached hydrogens (tertiary/aromatic N) is 2. The third-order valence-corrected chi connectivity index (χ3v) is 3.52. The molecular weight excluding hydrogens is 312 g/mol. The molecule has 2 aromatic rings. The molecule has 1 heterocycles. The number of amides is 1. The molecule has 1 aromatic carbocycles. The van der Waals surface area contributed by atoms with E-state index in [0.717, 1.165) is 11.1 Å². The normalized spacial score (nSPS) is 10.2. The van der Waals surface area contributed by atoms with Gasteiger partial charge < -0.3 is 9.64 Å². The first kappa shape index (κ1) is 17.0. The Balaban J connectivity index is 2.16. The zero-order valence-corrected chi connectivity index (χ0v) is 14.0. The number of pyridine rings is 1. The van der Waals surface area contributed by atoms with Crippen LogP contribution < -0.4 is 4.74 Å². The molecule has 0 saturated heterocycles. The summed E-state index contributed by atoms with van der Waals surface area (Å²) in [5.41, 5.74) is 2.20. The van der Waals surface area contributed by atoms with Crippen LogP contribution in [0.5, 0.6) is 5.75 Å². The van der Waals surface area contributed by atoms with E-state index in [-0.39, 0.29) is 5.91 Å². The van der Waals surface area contributed by atoms with Crippen molar-refractivity contribution in [2.24, 2.45) is 0 Å². The molecule has 0 aliphatic carbocycles. The Morgan fingerprint density at radius 3 is 2.74 bits per heavy atom. The molecule has 0 aliphatic rings. The molecule has 1 amide bonds. The smallest absolute Gasteiger partial charge is 0.257 e. The number of para-hydroxylation sites is 1. The Hall–Kier alpha value is -2.33. The third kappa shape index (κ3) is 4.57. The number of carbonyl (C=O) groups excluding carboxylic acids is 1. The second kappa shape index (κ2) is 7.79. The summed E-state index contributed by atoms with van der Waals surface area (Å²) < 4.78 is 5.66. The fourth-order valence-corrected chi connectivity index (χ4v) is 2.22. The standard InChI is InChI=1S/C18H19ClN2O2/c1-13(2)12-23-16-9-5-4-8-15(16)18(22)21(3)11-14-7-6-10-20-17(14)19/h4-10H,1,11-12H2,2-3H3. The molecule has 5 heteroatoms. The number of ether oxygens (including phenoxy) is 1. The van der Waals surface area contributed by atoms with Crippen LogP contribution in [0, 0.1) is 0 Å². The Morgan fingerprint density at radius 1 is 1.30 bits per heavy atom. The van der Waals surface area contributed by atoms with Crippen LogP contribution in [-0.2, 0) is 6.54 Å². The number of hydrogen-bond donors (Lipinski definition) is 0. The van der Waals surface area contributed by atoms with E-state index in [2.05, 4.69) is 11.6 Å². The topological polar surface area (TPSA) is 42.4 Å². The summed E-state index contributed by atoms with van der Waals surface area (Å²) in [6.07, 6.45) is 1.62. The van der Waals surface area contributed by atoms with Crippen molar-refractivity contribution in [3.63, 3.8) is 0 Å². The molecule has 0 radical (unpaired) electrons. The fourth-order valence-electron chi connectivity index (χ4n) is 2.04. The lowest BCUT2D eigenvalue weighted by molar-refractivity contribution is 0.0781. The zero-order valence-electron chi connectivity index (χ0n) is 13.3. The number of aromatic nitrogens is 1. The van der Waals surface area contributed by atoms with Gasteiger partial charge in [-0.15, -0.1) is 0 Å². The average molecular weight is 331 g/mol. The molecule has 0 aliphatic heterocycles. The Kier molecular flexibility index (Phi) is 5.77. The number of hydrogen-bond acceptors (Lipinski definition) is 3. The van der Waals surface area contributed by atoms with Gasteiger partial charge in [-0.05, 0) is 30.7 Å². The number of rotatable bonds is 6. The molecule has 0 bridgehead atoms. The first-order chi connectivity index (χ1) is 11.0. The molecule has 2 rings (SSSR count). The van der Waals surface area contributed by atoms with E-state index in [4.69, 9.17) is 16.3 Å². The van der Waals surface area contributed by atoms with E-state index in [1.807, 2.05) is 25.1 Å². The van der Waals surface area contributed by atoms with Gasteiger partial charge in [0.2, 0.25) is 0 Å². The van der Waals surface area contributed by atoms with E-state index in [0.29, 0.717) is 29.6 Å². The van der Waals surface area contributed by atoms with Gasteiger partial charge >= 0.3 is 0 Å². The number of benzene rings is 1. The minimum atomic E-state index is -0.137. The van der Waals surface area contributed by atoms with Crippen LogP contribution in [0.2, 0.25) is 5.15 Å². The minimum Gasteiger partial charge on any atom is -0.488 e. The van der Waals surface area contributed by atoms with E-state index in [9.17, 15) is 4.79 Å². The maximum atomic E-state index is 12.7. The summed E-state index contributed by atoms with van der Waals surface area (Å²) in [7, 11) is 1.72. The predicted molar refractivity (Wildman–Crippen MR) is 91.8 cm³/mol. The lowest BCUT2D eigenvalue weighted by atomic mass is 10.1. The van der Waals surface area contributed by atoms with Gasteiger partial charge in [-0.25, -0.2) is 4.98 Å². The van der Waals surface area contributed by atoms with Crippen LogP contribution >= 0.6 is 11.6 Å². The summed E-state index contributed by atoms with van der Waals surface area (Å²) in [5.74, 6) is 0.409. The molecule has 0 saturated carbocycles. The van der Waals surface area contributed by atoms with Crippen molar-refractivity contribution in [2.45, 2.75) is 13.5 Å². The third-order valence-electron chi connectivity index (χ3n) is 3.18. The van der Waals surface area contributed by atoms with Crippen molar-refractivity contribution in [3.05, 3.63) is 71.0 Å². The van der Waals surface area contributed by atoms with Crippen molar-refractivity contribution in [1.82, 2.24) is 9.88 Å². The molecule has 4 nitrogen and oxygen atoms in total. The van der Waals surface area contributed by atoms with E-state index < -0.39 is 0 Å². The van der Waals surface area contributed by atoms with Crippen LogP contribution in [0.25, 0.3) is 0 Å². The summed E-state index contributed by atoms with van der Waals surface area (Å²) in [6.45, 7) is 6.43. The van der Waals surface area contributed by atoms with E-state index in [1.165, 1.54) is 0 Å². The highest BCUT2D eigenvalue weighted by Crippen LogP contribution is 2.22. The average Bonchev–Trinajstić information content (AvgIpc) is 2.54. The molecule has 1 aromatic heterocycles. The fraction of sp³-hybridized carbons (Fsp3) is 0.222. The summed E-state index contributed by atoms with van der Waals surface area (Å²) in [5, 5.41) is 0.402. The zero-order chi connectivity index (χ0) is 16.8. The van der Waals surface area contributed by atoms with Crippen LogP contribution in [-0.4, -0.2) is 29.4 Å². The molecule has 0 atom stereocenters. The van der Waals surface area contributed by atoms with Gasteiger partial charge in [-0.2, -0.15) is 0 Å². The molecule has 23 heavy (non-hydrogen) atoms. The predicted octanol–water partition coefficient (Wildman–Crippen LogP) is 3.96. The highest BCUT2D eigenvalue weighted by Gasteiger charge is 2.17. The van der Waals surface area contributed by atoms with E-state index in [1.54, 1.807) is 36.3 Å². The lowest BCUT2D eigenvalue weighted by Crippen LogP contribution is -2.27. The largest absolute Gasteiger partial charge is 0.488 e. The van der Waals surface area contributed by atoms with Crippen LogP contribution in [0.3, 0.4) is 0 Å². The van der Waals surface area contributed by atoms with Gasteiger partial charge in [0.15, 0.2) is 0 Å². The summed E-state index contributed by atoms with van der Waals surface area (Å²) in [4.78, 5) is 18.3. The van der Waals surface area contributed by atoms with Crippen molar-refractivity contribution < 1.29 is 9.53 Å². The van der Waals surface area contributed by atoms with E-state index >= 15 is 0 Å². The highest BCUT2D eigenvalue weighted by atomic mass is 35.5. The molecule has 0 fully saturated rings. The maximum Gasteiger partial charge on any atom is 0.257 e. The first-order valence-corrected chi connectivity index (χ1v) is 7.58. The maximum absolute atomic E-state index is 12.7. The molecular formula is C18H19ClN2O2. The van der Waals surface area contributed by atoms with Gasteiger partial charge in [-0.3, -0.25) is 4.79 Å². The molecule has 120 valence electrons. The van der Waals surface area contributed by atoms with Gasteiger partial charge in [0, 0.05) is 25.4 Å². The number of carbonyl (C=O) groups is 1. The van der Waals surface area contributed by atoms with Crippen LogP contribution in [0.4, 0.5) is 0 Å². The molecule has 0 spiro atoms. The van der Waals surface area contributed by atoms with Crippen molar-refractivity contribution in [3.8, 4) is 5.75 Å². The Labute approximate surface area is 141 Å². The Morgan fingerprint density at radius 2 is 2.04 bits per heavy atom. The van der Waals surface area contributed by atoms with Gasteiger partial charge in [0.05, 0.1) is 5.56 Å². The quantitative estimate of drug-likeness (QED) is 0.594. The minimum absolute atomic E-state index is 0.137. The monoisotopic (exact) mass is 330 g/mol. The van der Waals surface area contributed by atoms with Crippen LogP contribution in [0.1, 0.15) is 22.8 Å². The molecule has 0 N–H and O–H groups in total. The lowest BCUT2D eigenvalue weighted by Gasteiger charge is -2.19. The SMILES string of the molecule is C=C(C)COc1ccccc1C(=O)N(C)Cc1cccnc1Cl. The van der Waals surface area contributed by atoms with Crippen molar-refractivity contribution in [1.29, 1.82) is 0 Å². The first-order valence-electron chi connectivity index (χ1n) is 7.20. The van der Waals surface area contributed by atoms with Gasteiger partial charge in [-0.1, -0.05) is 36.4 Å². The molecule has 0 unspecified atom stereocenters. The summed E-state index contributed by atoms with van der Waals surface area (Å²) in [6, 6.07) is 10.8. The highest BCUT2D eigenvalue weighted by molar-refractivity contribution is 6.30. The second-order valence-electron chi connectivity index (χ2n) is 5.36. The summed E-state index contributed by atoms with van der Waals surface area (Å²) >= 11 is 6.05. The van der Waals surface area contributed by atoms with Gasteiger partial charge in [0.1, 0.15) is 17.5 Å². The van der Waals surface area contributed by atoms with Gasteiger partial charge in [0.25, 0.3) is 5.91 Å².